The average molecular weight is 356 g/mol. The van der Waals surface area contributed by atoms with Crippen LogP contribution in [0.15, 0.2) is 0 Å². The minimum atomic E-state index is -1.90. The van der Waals surface area contributed by atoms with E-state index in [2.05, 4.69) is 39.8 Å². The fourth-order valence-corrected chi connectivity index (χ4v) is 3.04. The Hall–Kier alpha value is -1.03. The fraction of sp³-hybridized carbons (Fsp3) is 0.833. The summed E-state index contributed by atoms with van der Waals surface area (Å²) in [5, 5.41) is 0.112. The van der Waals surface area contributed by atoms with Gasteiger partial charge in [0.15, 0.2) is 8.32 Å². The summed E-state index contributed by atoms with van der Waals surface area (Å²) in [6.45, 7) is 17.6. The second-order valence-corrected chi connectivity index (χ2v) is 13.7. The lowest BCUT2D eigenvalue weighted by atomic mass is 10.2. The number of morpholine rings is 1. The lowest BCUT2D eigenvalue weighted by Gasteiger charge is -2.42. The van der Waals surface area contributed by atoms with Gasteiger partial charge in [-0.1, -0.05) is 26.7 Å². The minimum Gasteiger partial charge on any atom is -0.444 e. The molecule has 138 valence electrons. The molecule has 0 aromatic carbocycles. The number of amides is 1. The second kappa shape index (κ2) is 7.47. The van der Waals surface area contributed by atoms with Crippen molar-refractivity contribution in [3.8, 4) is 12.3 Å². The molecule has 1 rings (SSSR count). The standard InChI is InChI=1S/C18H33NO4Si/c1-10-15-11-19(16(20)23-17(2,3)4)14(12-21-15)13-22-24(8,9)18(5,6)7/h1,14-15H,11-13H2,2-9H3/t14-,15+/m0/s1. The summed E-state index contributed by atoms with van der Waals surface area (Å²) in [7, 11) is -1.90. The van der Waals surface area contributed by atoms with E-state index in [0.717, 1.165) is 0 Å². The zero-order chi connectivity index (χ0) is 18.8. The summed E-state index contributed by atoms with van der Waals surface area (Å²) in [5.74, 6) is 2.56. The summed E-state index contributed by atoms with van der Waals surface area (Å²) < 4.78 is 17.4. The first kappa shape index (κ1) is 21.0. The number of ether oxygens (including phenoxy) is 2. The molecule has 0 radical (unpaired) electrons. The molecular formula is C18H33NO4Si. The third-order valence-corrected chi connectivity index (χ3v) is 9.05. The van der Waals surface area contributed by atoms with Crippen molar-refractivity contribution >= 4 is 14.4 Å². The van der Waals surface area contributed by atoms with Crippen molar-refractivity contribution in [3.63, 3.8) is 0 Å². The Labute approximate surface area is 148 Å². The van der Waals surface area contributed by atoms with Crippen LogP contribution in [0.1, 0.15) is 41.5 Å². The number of carbonyl (C=O) groups excluding carboxylic acids is 1. The van der Waals surface area contributed by atoms with Crippen molar-refractivity contribution < 1.29 is 18.7 Å². The van der Waals surface area contributed by atoms with Gasteiger partial charge in [0.1, 0.15) is 11.7 Å². The zero-order valence-corrected chi connectivity index (χ0v) is 17.4. The molecule has 0 spiro atoms. The highest BCUT2D eigenvalue weighted by molar-refractivity contribution is 6.74. The molecule has 1 fully saturated rings. The van der Waals surface area contributed by atoms with E-state index in [1.165, 1.54) is 0 Å². The Bertz CT molecular complexity index is 485. The van der Waals surface area contributed by atoms with Gasteiger partial charge in [0.05, 0.1) is 25.8 Å². The largest absolute Gasteiger partial charge is 0.444 e. The summed E-state index contributed by atoms with van der Waals surface area (Å²) in [4.78, 5) is 14.2. The summed E-state index contributed by atoms with van der Waals surface area (Å²) >= 11 is 0. The van der Waals surface area contributed by atoms with E-state index in [1.807, 2.05) is 20.8 Å². The maximum absolute atomic E-state index is 12.5. The van der Waals surface area contributed by atoms with E-state index < -0.39 is 20.0 Å². The van der Waals surface area contributed by atoms with Gasteiger partial charge in [-0.3, -0.25) is 4.90 Å². The molecule has 0 aromatic heterocycles. The van der Waals surface area contributed by atoms with E-state index in [-0.39, 0.29) is 17.2 Å². The van der Waals surface area contributed by atoms with Gasteiger partial charge in [-0.25, -0.2) is 4.79 Å². The smallest absolute Gasteiger partial charge is 0.410 e. The Kier molecular flexibility index (Phi) is 6.54. The first-order valence-electron chi connectivity index (χ1n) is 8.48. The molecule has 1 aliphatic rings. The molecule has 0 bridgehead atoms. The summed E-state index contributed by atoms with van der Waals surface area (Å²) in [5.41, 5.74) is -0.550. The van der Waals surface area contributed by atoms with Gasteiger partial charge < -0.3 is 13.9 Å². The maximum Gasteiger partial charge on any atom is 0.410 e. The van der Waals surface area contributed by atoms with Crippen molar-refractivity contribution in [3.05, 3.63) is 0 Å². The molecule has 1 saturated heterocycles. The molecule has 0 N–H and O–H groups in total. The lowest BCUT2D eigenvalue weighted by Crippen LogP contribution is -2.56. The fourth-order valence-electron chi connectivity index (χ4n) is 2.00. The molecule has 0 aromatic rings. The molecule has 6 heteroatoms. The van der Waals surface area contributed by atoms with Crippen molar-refractivity contribution in [1.29, 1.82) is 0 Å². The zero-order valence-electron chi connectivity index (χ0n) is 16.4. The van der Waals surface area contributed by atoms with Gasteiger partial charge in [0, 0.05) is 0 Å². The Balaban J connectivity index is 2.82. The van der Waals surface area contributed by atoms with E-state index in [4.69, 9.17) is 20.3 Å². The number of carbonyl (C=O) groups is 1. The van der Waals surface area contributed by atoms with Crippen LogP contribution in [0.4, 0.5) is 4.79 Å². The highest BCUT2D eigenvalue weighted by Crippen LogP contribution is 2.36. The first-order chi connectivity index (χ1) is 10.8. The van der Waals surface area contributed by atoms with Gasteiger partial charge in [-0.2, -0.15) is 0 Å². The van der Waals surface area contributed by atoms with Crippen LogP contribution < -0.4 is 0 Å². The Morgan fingerprint density at radius 2 is 1.88 bits per heavy atom. The number of rotatable bonds is 3. The molecular weight excluding hydrogens is 322 g/mol. The third kappa shape index (κ3) is 5.80. The van der Waals surface area contributed by atoms with Crippen LogP contribution in [0.2, 0.25) is 18.1 Å². The molecule has 2 atom stereocenters. The number of hydrogen-bond donors (Lipinski definition) is 0. The van der Waals surface area contributed by atoms with Crippen LogP contribution in [0.3, 0.4) is 0 Å². The van der Waals surface area contributed by atoms with Crippen molar-refractivity contribution in [2.24, 2.45) is 0 Å². The monoisotopic (exact) mass is 355 g/mol. The summed E-state index contributed by atoms with van der Waals surface area (Å²) in [6.07, 6.45) is 4.69. The molecule has 1 heterocycles. The lowest BCUT2D eigenvalue weighted by molar-refractivity contribution is -0.0614. The van der Waals surface area contributed by atoms with Crippen LogP contribution in [0.5, 0.6) is 0 Å². The van der Waals surface area contributed by atoms with Crippen molar-refractivity contribution in [1.82, 2.24) is 4.90 Å². The average Bonchev–Trinajstić information content (AvgIpc) is 2.42. The van der Waals surface area contributed by atoms with Crippen LogP contribution in [-0.2, 0) is 13.9 Å². The molecule has 5 nitrogen and oxygen atoms in total. The van der Waals surface area contributed by atoms with Gasteiger partial charge in [0.2, 0.25) is 0 Å². The summed E-state index contributed by atoms with van der Waals surface area (Å²) in [6, 6.07) is -0.182. The molecule has 1 amide bonds. The third-order valence-electron chi connectivity index (χ3n) is 4.55. The number of nitrogens with zero attached hydrogens (tertiary/aromatic N) is 1. The predicted octanol–water partition coefficient (Wildman–Crippen LogP) is 3.65. The molecule has 0 aliphatic carbocycles. The topological polar surface area (TPSA) is 48.0 Å². The molecule has 1 aliphatic heterocycles. The van der Waals surface area contributed by atoms with Gasteiger partial charge in [-0.05, 0) is 38.9 Å². The Morgan fingerprint density at radius 1 is 1.29 bits per heavy atom. The predicted molar refractivity (Wildman–Crippen MR) is 98.5 cm³/mol. The molecule has 0 unspecified atom stereocenters. The van der Waals surface area contributed by atoms with Crippen LogP contribution >= 0.6 is 0 Å². The number of hydrogen-bond acceptors (Lipinski definition) is 4. The number of terminal acetylenes is 1. The quantitative estimate of drug-likeness (QED) is 0.573. The van der Waals surface area contributed by atoms with Crippen LogP contribution in [0, 0.1) is 12.3 Å². The van der Waals surface area contributed by atoms with Gasteiger partial charge in [-0.15, -0.1) is 6.42 Å². The normalized spacial score (nSPS) is 22.9. The van der Waals surface area contributed by atoms with E-state index >= 15 is 0 Å². The van der Waals surface area contributed by atoms with Gasteiger partial charge >= 0.3 is 6.09 Å². The molecule has 24 heavy (non-hydrogen) atoms. The van der Waals surface area contributed by atoms with Crippen molar-refractivity contribution in [2.45, 2.75) is 77.4 Å². The minimum absolute atomic E-state index is 0.112. The van der Waals surface area contributed by atoms with E-state index in [9.17, 15) is 4.79 Å². The maximum atomic E-state index is 12.5. The molecule has 0 saturated carbocycles. The second-order valence-electron chi connectivity index (χ2n) is 8.85. The highest BCUT2D eigenvalue weighted by Gasteiger charge is 2.40. The van der Waals surface area contributed by atoms with Crippen LogP contribution in [0.25, 0.3) is 0 Å². The Morgan fingerprint density at radius 3 is 2.33 bits per heavy atom. The van der Waals surface area contributed by atoms with E-state index in [0.29, 0.717) is 19.8 Å². The first-order valence-corrected chi connectivity index (χ1v) is 11.4. The SMILES string of the molecule is C#C[C@@H]1CN(C(=O)OC(C)(C)C)[C@H](CO[Si](C)(C)C(C)(C)C)CO1. The van der Waals surface area contributed by atoms with E-state index in [1.54, 1.807) is 4.90 Å². The van der Waals surface area contributed by atoms with Gasteiger partial charge in [0.25, 0.3) is 0 Å². The highest BCUT2D eigenvalue weighted by atomic mass is 28.4. The van der Waals surface area contributed by atoms with Crippen molar-refractivity contribution in [2.75, 3.05) is 19.8 Å². The van der Waals surface area contributed by atoms with Crippen LogP contribution in [-0.4, -0.2) is 56.8 Å².